The number of benzene rings is 1. The van der Waals surface area contributed by atoms with Crippen LogP contribution in [0, 0.1) is 0 Å². The summed E-state index contributed by atoms with van der Waals surface area (Å²) in [6.07, 6.45) is 1.76. The minimum Gasteiger partial charge on any atom is -0.349 e. The van der Waals surface area contributed by atoms with Crippen molar-refractivity contribution in [2.75, 3.05) is 6.54 Å². The molecule has 1 aromatic carbocycles. The van der Waals surface area contributed by atoms with Gasteiger partial charge in [-0.05, 0) is 28.1 Å². The lowest BCUT2D eigenvalue weighted by Gasteiger charge is -2.02. The maximum atomic E-state index is 11.0. The Morgan fingerprint density at radius 2 is 2.22 bits per heavy atom. The number of halogens is 1. The fourth-order valence-electron chi connectivity index (χ4n) is 1.40. The van der Waals surface area contributed by atoms with Crippen molar-refractivity contribution in [3.63, 3.8) is 0 Å². The van der Waals surface area contributed by atoms with Crippen LogP contribution >= 0.6 is 15.9 Å². The third kappa shape index (κ3) is 2.93. The van der Waals surface area contributed by atoms with Gasteiger partial charge in [0.2, 0.25) is 5.91 Å². The summed E-state index contributed by atoms with van der Waals surface area (Å²) >= 11 is 3.44. The molecule has 0 unspecified atom stereocenters. The molecule has 0 saturated heterocycles. The number of hydrogen-bond acceptors (Lipinski definition) is 4. The van der Waals surface area contributed by atoms with Crippen LogP contribution in [0.15, 0.2) is 34.9 Å². The van der Waals surface area contributed by atoms with Crippen LogP contribution in [-0.4, -0.2) is 27.4 Å². The molecule has 1 heterocycles. The predicted octanol–water partition coefficient (Wildman–Crippen LogP) is 0.605. The summed E-state index contributed by atoms with van der Waals surface area (Å²) in [4.78, 5) is 11.0. The van der Waals surface area contributed by atoms with Crippen LogP contribution in [0.2, 0.25) is 0 Å². The average Bonchev–Trinajstić information content (AvgIpc) is 2.85. The Hall–Kier alpha value is -1.73. The lowest BCUT2D eigenvalue weighted by molar-refractivity contribution is -0.119. The van der Waals surface area contributed by atoms with Gasteiger partial charge in [-0.15, -0.1) is 5.10 Å². The monoisotopic (exact) mass is 309 g/mol. The average molecular weight is 310 g/mol. The van der Waals surface area contributed by atoms with Crippen molar-refractivity contribution in [2.45, 2.75) is 6.54 Å². The van der Waals surface area contributed by atoms with E-state index in [4.69, 9.17) is 5.73 Å². The minimum atomic E-state index is -0.217. The van der Waals surface area contributed by atoms with Gasteiger partial charge in [0.15, 0.2) is 0 Å². The van der Waals surface area contributed by atoms with Crippen LogP contribution in [0.4, 0.5) is 0 Å². The summed E-state index contributed by atoms with van der Waals surface area (Å²) in [5, 5.41) is 10.6. The highest BCUT2D eigenvalue weighted by molar-refractivity contribution is 9.10. The number of nitrogens with zero attached hydrogens (tertiary/aromatic N) is 3. The molecule has 7 heteroatoms. The maximum absolute atomic E-state index is 11.0. The van der Waals surface area contributed by atoms with E-state index in [9.17, 15) is 4.79 Å². The number of nitrogens with two attached hydrogens (primary N) is 1. The summed E-state index contributed by atoms with van der Waals surface area (Å²) < 4.78 is 2.57. The highest BCUT2D eigenvalue weighted by atomic mass is 79.9. The van der Waals surface area contributed by atoms with Crippen molar-refractivity contribution in [3.8, 4) is 5.69 Å². The Morgan fingerprint density at radius 3 is 2.94 bits per heavy atom. The molecular weight excluding hydrogens is 298 g/mol. The zero-order chi connectivity index (χ0) is 13.0. The van der Waals surface area contributed by atoms with E-state index in [1.165, 1.54) is 0 Å². The van der Waals surface area contributed by atoms with Gasteiger partial charge in [-0.1, -0.05) is 17.3 Å². The standard InChI is InChI=1S/C11H12BrN5O/c12-9-3-1-2-4-10(9)17-7-8(15-16-17)6-14-11(18)5-13/h1-4,7H,5-6,13H2,(H,14,18). The smallest absolute Gasteiger partial charge is 0.234 e. The quantitative estimate of drug-likeness (QED) is 0.866. The van der Waals surface area contributed by atoms with Crippen LogP contribution in [-0.2, 0) is 11.3 Å². The number of amides is 1. The molecule has 0 aliphatic rings. The molecule has 3 N–H and O–H groups in total. The molecule has 18 heavy (non-hydrogen) atoms. The molecule has 1 aromatic heterocycles. The van der Waals surface area contributed by atoms with E-state index < -0.39 is 0 Å². The van der Waals surface area contributed by atoms with Crippen molar-refractivity contribution in [3.05, 3.63) is 40.6 Å². The summed E-state index contributed by atoms with van der Waals surface area (Å²) in [5.74, 6) is -0.217. The minimum absolute atomic E-state index is 0.0294. The van der Waals surface area contributed by atoms with Gasteiger partial charge < -0.3 is 11.1 Å². The van der Waals surface area contributed by atoms with Crippen molar-refractivity contribution in [1.29, 1.82) is 0 Å². The van der Waals surface area contributed by atoms with E-state index in [1.54, 1.807) is 10.9 Å². The number of hydrogen-bond donors (Lipinski definition) is 2. The van der Waals surface area contributed by atoms with Crippen LogP contribution in [0.3, 0.4) is 0 Å². The first kappa shape index (κ1) is 12.7. The van der Waals surface area contributed by atoms with Gasteiger partial charge in [0.05, 0.1) is 25.0 Å². The number of carbonyl (C=O) groups is 1. The van der Waals surface area contributed by atoms with Crippen LogP contribution in [0.25, 0.3) is 5.69 Å². The fraction of sp³-hybridized carbons (Fsp3) is 0.182. The second-order valence-electron chi connectivity index (χ2n) is 3.59. The summed E-state index contributed by atoms with van der Waals surface area (Å²) in [7, 11) is 0. The zero-order valence-electron chi connectivity index (χ0n) is 9.51. The first-order valence-electron chi connectivity index (χ1n) is 5.33. The van der Waals surface area contributed by atoms with E-state index in [1.807, 2.05) is 24.3 Å². The Morgan fingerprint density at radius 1 is 1.44 bits per heavy atom. The zero-order valence-corrected chi connectivity index (χ0v) is 11.1. The van der Waals surface area contributed by atoms with Gasteiger partial charge in [-0.25, -0.2) is 4.68 Å². The van der Waals surface area contributed by atoms with E-state index >= 15 is 0 Å². The first-order chi connectivity index (χ1) is 8.70. The van der Waals surface area contributed by atoms with Crippen LogP contribution < -0.4 is 11.1 Å². The topological polar surface area (TPSA) is 85.8 Å². The Labute approximate surface area is 112 Å². The lowest BCUT2D eigenvalue weighted by atomic mass is 10.3. The van der Waals surface area contributed by atoms with E-state index in [0.29, 0.717) is 12.2 Å². The molecule has 94 valence electrons. The molecule has 0 saturated carbocycles. The molecule has 1 amide bonds. The number of nitrogens with one attached hydrogen (secondary N) is 1. The second-order valence-corrected chi connectivity index (χ2v) is 4.44. The molecular formula is C11H12BrN5O. The molecule has 0 spiro atoms. The third-order valence-electron chi connectivity index (χ3n) is 2.29. The van der Waals surface area contributed by atoms with Gasteiger partial charge in [-0.3, -0.25) is 4.79 Å². The Balaban J connectivity index is 2.11. The predicted molar refractivity (Wildman–Crippen MR) is 70.0 cm³/mol. The number of aromatic nitrogens is 3. The van der Waals surface area contributed by atoms with E-state index in [0.717, 1.165) is 10.2 Å². The normalized spacial score (nSPS) is 10.3. The largest absolute Gasteiger partial charge is 0.349 e. The number of para-hydroxylation sites is 1. The highest BCUT2D eigenvalue weighted by Crippen LogP contribution is 2.19. The molecule has 6 nitrogen and oxygen atoms in total. The maximum Gasteiger partial charge on any atom is 0.234 e. The Bertz CT molecular complexity index is 554. The highest BCUT2D eigenvalue weighted by Gasteiger charge is 2.06. The molecule has 0 bridgehead atoms. The molecule has 0 fully saturated rings. The Kier molecular flexibility index (Phi) is 4.06. The van der Waals surface area contributed by atoms with Gasteiger partial charge in [0, 0.05) is 4.47 Å². The van der Waals surface area contributed by atoms with Crippen LogP contribution in [0.1, 0.15) is 5.69 Å². The number of carbonyl (C=O) groups excluding carboxylic acids is 1. The summed E-state index contributed by atoms with van der Waals surface area (Å²) in [5.41, 5.74) is 6.76. The molecule has 2 aromatic rings. The summed E-state index contributed by atoms with van der Waals surface area (Å²) in [6.45, 7) is 0.291. The van der Waals surface area contributed by atoms with Gasteiger partial charge >= 0.3 is 0 Å². The van der Waals surface area contributed by atoms with E-state index in [-0.39, 0.29) is 12.5 Å². The van der Waals surface area contributed by atoms with Gasteiger partial charge in [0.1, 0.15) is 5.69 Å². The summed E-state index contributed by atoms with van der Waals surface area (Å²) in [6, 6.07) is 7.68. The first-order valence-corrected chi connectivity index (χ1v) is 6.13. The molecule has 0 radical (unpaired) electrons. The number of rotatable bonds is 4. The van der Waals surface area contributed by atoms with Gasteiger partial charge in [-0.2, -0.15) is 0 Å². The van der Waals surface area contributed by atoms with Crippen molar-refractivity contribution < 1.29 is 4.79 Å². The molecule has 0 aliphatic heterocycles. The van der Waals surface area contributed by atoms with Crippen molar-refractivity contribution in [1.82, 2.24) is 20.3 Å². The van der Waals surface area contributed by atoms with Crippen LogP contribution in [0.5, 0.6) is 0 Å². The van der Waals surface area contributed by atoms with Crippen molar-refractivity contribution in [2.24, 2.45) is 5.73 Å². The second kappa shape index (κ2) is 5.74. The van der Waals surface area contributed by atoms with Crippen molar-refractivity contribution >= 4 is 21.8 Å². The van der Waals surface area contributed by atoms with E-state index in [2.05, 4.69) is 31.6 Å². The SMILES string of the molecule is NCC(=O)NCc1cn(-c2ccccc2Br)nn1. The fourth-order valence-corrected chi connectivity index (χ4v) is 1.86. The molecule has 2 rings (SSSR count). The molecule has 0 atom stereocenters. The van der Waals surface area contributed by atoms with Gasteiger partial charge in [0.25, 0.3) is 0 Å². The molecule has 0 aliphatic carbocycles. The lowest BCUT2D eigenvalue weighted by Crippen LogP contribution is -2.29. The third-order valence-corrected chi connectivity index (χ3v) is 2.96.